The molecule has 0 aliphatic carbocycles. The Balaban J connectivity index is 1.56. The van der Waals surface area contributed by atoms with Crippen molar-refractivity contribution in [2.75, 3.05) is 26.2 Å². The normalized spacial score (nSPS) is 15.5. The fourth-order valence-electron chi connectivity index (χ4n) is 3.63. The predicted molar refractivity (Wildman–Crippen MR) is 109 cm³/mol. The molecule has 27 heavy (non-hydrogen) atoms. The molecule has 5 nitrogen and oxygen atoms in total. The van der Waals surface area contributed by atoms with Crippen molar-refractivity contribution in [1.29, 1.82) is 0 Å². The highest BCUT2D eigenvalue weighted by molar-refractivity contribution is 7.09. The van der Waals surface area contributed by atoms with Crippen LogP contribution in [-0.4, -0.2) is 52.0 Å². The molecule has 1 amide bonds. The standard InChI is InChI=1S/C21H29N3O2S/c1-14(2)18-10-17(19(25)9-15(18)3)12-23-5-7-24(8-6-23)21(26)11-20-22-16(4)13-27-20/h9-10,13-14,25H,5-8,11-12H2,1-4H3. The minimum absolute atomic E-state index is 0.157. The average molecular weight is 388 g/mol. The first kappa shape index (κ1) is 19.8. The van der Waals surface area contributed by atoms with Crippen molar-refractivity contribution in [2.24, 2.45) is 0 Å². The summed E-state index contributed by atoms with van der Waals surface area (Å²) in [6.07, 6.45) is 0.398. The number of aromatic hydroxyl groups is 1. The van der Waals surface area contributed by atoms with E-state index in [1.165, 1.54) is 5.56 Å². The molecular weight excluding hydrogens is 358 g/mol. The van der Waals surface area contributed by atoms with Crippen molar-refractivity contribution >= 4 is 17.2 Å². The van der Waals surface area contributed by atoms with Gasteiger partial charge in [-0.15, -0.1) is 11.3 Å². The number of thiazole rings is 1. The minimum Gasteiger partial charge on any atom is -0.508 e. The third kappa shape index (κ3) is 4.87. The summed E-state index contributed by atoms with van der Waals surface area (Å²) in [6, 6.07) is 4.01. The first-order chi connectivity index (χ1) is 12.8. The van der Waals surface area contributed by atoms with Gasteiger partial charge in [0, 0.05) is 49.4 Å². The summed E-state index contributed by atoms with van der Waals surface area (Å²) in [5.74, 6) is 0.965. The molecule has 0 bridgehead atoms. The molecule has 3 rings (SSSR count). The highest BCUT2D eigenvalue weighted by atomic mass is 32.1. The van der Waals surface area contributed by atoms with E-state index in [9.17, 15) is 9.90 Å². The number of benzene rings is 1. The van der Waals surface area contributed by atoms with Gasteiger partial charge in [-0.1, -0.05) is 19.9 Å². The zero-order valence-electron chi connectivity index (χ0n) is 16.7. The van der Waals surface area contributed by atoms with Gasteiger partial charge in [-0.05, 0) is 37.0 Å². The molecule has 146 valence electrons. The van der Waals surface area contributed by atoms with Gasteiger partial charge < -0.3 is 10.0 Å². The highest BCUT2D eigenvalue weighted by Gasteiger charge is 2.23. The van der Waals surface area contributed by atoms with Crippen LogP contribution >= 0.6 is 11.3 Å². The highest BCUT2D eigenvalue weighted by Crippen LogP contribution is 2.28. The second-order valence-electron chi connectivity index (χ2n) is 7.71. The fraction of sp³-hybridized carbons (Fsp3) is 0.524. The number of aromatic nitrogens is 1. The number of phenols is 1. The van der Waals surface area contributed by atoms with Gasteiger partial charge in [0.25, 0.3) is 0 Å². The summed E-state index contributed by atoms with van der Waals surface area (Å²) in [6.45, 7) is 12.2. The molecule has 1 saturated heterocycles. The smallest absolute Gasteiger partial charge is 0.229 e. The van der Waals surface area contributed by atoms with E-state index in [4.69, 9.17) is 0 Å². The molecule has 1 aliphatic heterocycles. The number of piperazine rings is 1. The van der Waals surface area contributed by atoms with E-state index in [0.29, 0.717) is 18.1 Å². The zero-order chi connectivity index (χ0) is 19.6. The van der Waals surface area contributed by atoms with Gasteiger partial charge in [0.1, 0.15) is 10.8 Å². The van der Waals surface area contributed by atoms with Crippen molar-refractivity contribution in [3.63, 3.8) is 0 Å². The average Bonchev–Trinajstić information content (AvgIpc) is 3.02. The van der Waals surface area contributed by atoms with Crippen molar-refractivity contribution in [2.45, 2.75) is 46.6 Å². The Labute approximate surface area is 165 Å². The van der Waals surface area contributed by atoms with Crippen LogP contribution in [0.5, 0.6) is 5.75 Å². The van der Waals surface area contributed by atoms with Gasteiger partial charge in [-0.3, -0.25) is 9.69 Å². The van der Waals surface area contributed by atoms with E-state index in [2.05, 4.69) is 29.8 Å². The fourth-order valence-corrected chi connectivity index (χ4v) is 4.39. The van der Waals surface area contributed by atoms with E-state index >= 15 is 0 Å². The topological polar surface area (TPSA) is 56.7 Å². The van der Waals surface area contributed by atoms with E-state index in [1.807, 2.05) is 30.2 Å². The molecular formula is C21H29N3O2S. The molecule has 0 radical (unpaired) electrons. The Hall–Kier alpha value is -1.92. The van der Waals surface area contributed by atoms with E-state index in [-0.39, 0.29) is 5.91 Å². The van der Waals surface area contributed by atoms with Crippen molar-refractivity contribution < 1.29 is 9.90 Å². The number of rotatable bonds is 5. The molecule has 0 saturated carbocycles. The quantitative estimate of drug-likeness (QED) is 0.853. The Bertz CT molecular complexity index is 808. The molecule has 2 aromatic rings. The molecule has 1 aromatic heterocycles. The largest absolute Gasteiger partial charge is 0.508 e. The molecule has 1 fully saturated rings. The van der Waals surface area contributed by atoms with Crippen molar-refractivity contribution in [3.05, 3.63) is 44.9 Å². The van der Waals surface area contributed by atoms with Crippen LogP contribution in [0.4, 0.5) is 0 Å². The lowest BCUT2D eigenvalue weighted by Crippen LogP contribution is -2.48. The third-order valence-corrected chi connectivity index (χ3v) is 6.14. The van der Waals surface area contributed by atoms with Gasteiger partial charge in [0.05, 0.1) is 6.42 Å². The van der Waals surface area contributed by atoms with Crippen LogP contribution in [0.15, 0.2) is 17.5 Å². The Morgan fingerprint density at radius 1 is 1.22 bits per heavy atom. The summed E-state index contributed by atoms with van der Waals surface area (Å²) >= 11 is 1.55. The van der Waals surface area contributed by atoms with Crippen LogP contribution in [0.1, 0.15) is 47.2 Å². The molecule has 1 aliphatic rings. The van der Waals surface area contributed by atoms with Crippen LogP contribution in [0.25, 0.3) is 0 Å². The second kappa shape index (κ2) is 8.40. The van der Waals surface area contributed by atoms with E-state index in [0.717, 1.165) is 54.6 Å². The zero-order valence-corrected chi connectivity index (χ0v) is 17.5. The van der Waals surface area contributed by atoms with Crippen LogP contribution in [0, 0.1) is 13.8 Å². The number of carbonyl (C=O) groups excluding carboxylic acids is 1. The lowest BCUT2D eigenvalue weighted by molar-refractivity contribution is -0.132. The molecule has 0 unspecified atom stereocenters. The van der Waals surface area contributed by atoms with Crippen molar-refractivity contribution in [3.8, 4) is 5.75 Å². The summed E-state index contributed by atoms with van der Waals surface area (Å²) in [7, 11) is 0. The predicted octanol–water partition coefficient (Wildman–Crippen LogP) is 3.48. The number of amides is 1. The van der Waals surface area contributed by atoms with E-state index < -0.39 is 0 Å². The molecule has 0 spiro atoms. The number of nitrogens with zero attached hydrogens (tertiary/aromatic N) is 3. The van der Waals surface area contributed by atoms with Gasteiger partial charge in [-0.25, -0.2) is 4.98 Å². The number of hydrogen-bond acceptors (Lipinski definition) is 5. The maximum Gasteiger partial charge on any atom is 0.229 e. The SMILES string of the molecule is Cc1csc(CC(=O)N2CCN(Cc3cc(C(C)C)c(C)cc3O)CC2)n1. The first-order valence-corrected chi connectivity index (χ1v) is 10.4. The summed E-state index contributed by atoms with van der Waals surface area (Å²) in [4.78, 5) is 21.1. The summed E-state index contributed by atoms with van der Waals surface area (Å²) in [5, 5.41) is 13.2. The molecule has 0 atom stereocenters. The molecule has 2 heterocycles. The monoisotopic (exact) mass is 387 g/mol. The van der Waals surface area contributed by atoms with Crippen LogP contribution in [-0.2, 0) is 17.8 Å². The summed E-state index contributed by atoms with van der Waals surface area (Å²) in [5.41, 5.74) is 4.38. The number of phenolic OH excluding ortho intramolecular Hbond substituents is 1. The van der Waals surface area contributed by atoms with Crippen LogP contribution in [0.3, 0.4) is 0 Å². The maximum atomic E-state index is 12.5. The van der Waals surface area contributed by atoms with E-state index in [1.54, 1.807) is 11.3 Å². The van der Waals surface area contributed by atoms with Gasteiger partial charge in [0.2, 0.25) is 5.91 Å². The minimum atomic E-state index is 0.157. The number of carbonyl (C=O) groups is 1. The summed E-state index contributed by atoms with van der Waals surface area (Å²) < 4.78 is 0. The first-order valence-electron chi connectivity index (χ1n) is 9.57. The number of aryl methyl sites for hydroxylation is 2. The van der Waals surface area contributed by atoms with Crippen LogP contribution < -0.4 is 0 Å². The third-order valence-electron chi connectivity index (χ3n) is 5.18. The van der Waals surface area contributed by atoms with Gasteiger partial charge in [0.15, 0.2) is 0 Å². The lowest BCUT2D eigenvalue weighted by atomic mass is 9.95. The Morgan fingerprint density at radius 2 is 1.93 bits per heavy atom. The maximum absolute atomic E-state index is 12.5. The molecule has 1 aromatic carbocycles. The molecule has 6 heteroatoms. The van der Waals surface area contributed by atoms with Gasteiger partial charge >= 0.3 is 0 Å². The van der Waals surface area contributed by atoms with Crippen LogP contribution in [0.2, 0.25) is 0 Å². The Kier molecular flexibility index (Phi) is 6.17. The number of hydrogen-bond donors (Lipinski definition) is 1. The lowest BCUT2D eigenvalue weighted by Gasteiger charge is -2.35. The van der Waals surface area contributed by atoms with Gasteiger partial charge in [-0.2, -0.15) is 0 Å². The Morgan fingerprint density at radius 3 is 2.52 bits per heavy atom. The second-order valence-corrected chi connectivity index (χ2v) is 8.65. The molecule has 1 N–H and O–H groups in total. The van der Waals surface area contributed by atoms with Crippen molar-refractivity contribution in [1.82, 2.24) is 14.8 Å².